The molecule has 1 aromatic carbocycles. The third kappa shape index (κ3) is 4.11. The van der Waals surface area contributed by atoms with Crippen LogP contribution in [-0.4, -0.2) is 54.1 Å². The van der Waals surface area contributed by atoms with Crippen molar-refractivity contribution in [3.63, 3.8) is 0 Å². The van der Waals surface area contributed by atoms with Crippen LogP contribution in [0.3, 0.4) is 0 Å². The van der Waals surface area contributed by atoms with E-state index in [-0.39, 0.29) is 11.8 Å². The zero-order valence-electron chi connectivity index (χ0n) is 14.9. The Morgan fingerprint density at radius 3 is 3.00 bits per heavy atom. The van der Waals surface area contributed by atoms with Crippen molar-refractivity contribution >= 4 is 5.91 Å². The van der Waals surface area contributed by atoms with Crippen LogP contribution < -0.4 is 15.2 Å². The van der Waals surface area contributed by atoms with Crippen molar-refractivity contribution < 1.29 is 14.3 Å². The van der Waals surface area contributed by atoms with Crippen LogP contribution in [0.15, 0.2) is 36.8 Å². The molecular formula is C19H24N4O3. The summed E-state index contributed by atoms with van der Waals surface area (Å²) in [4.78, 5) is 23.3. The second-order valence-corrected chi connectivity index (χ2v) is 6.22. The Kier molecular flexibility index (Phi) is 6.01. The van der Waals surface area contributed by atoms with Gasteiger partial charge < -0.3 is 20.1 Å². The summed E-state index contributed by atoms with van der Waals surface area (Å²) in [6.07, 6.45) is 5.25. The van der Waals surface area contributed by atoms with Crippen LogP contribution >= 0.6 is 0 Å². The third-order valence-electron chi connectivity index (χ3n) is 4.53. The van der Waals surface area contributed by atoms with Gasteiger partial charge in [-0.05, 0) is 31.0 Å². The molecule has 1 aromatic heterocycles. The van der Waals surface area contributed by atoms with Gasteiger partial charge in [0.1, 0.15) is 24.4 Å². The number of piperidine rings is 1. The Morgan fingerprint density at radius 2 is 2.27 bits per heavy atom. The first kappa shape index (κ1) is 18.1. The summed E-state index contributed by atoms with van der Waals surface area (Å²) >= 11 is 0. The molecule has 7 nitrogen and oxygen atoms in total. The predicted octanol–water partition coefficient (Wildman–Crippen LogP) is 1.84. The van der Waals surface area contributed by atoms with Crippen LogP contribution in [0.25, 0.3) is 0 Å². The highest BCUT2D eigenvalue weighted by Gasteiger charge is 2.28. The second-order valence-electron chi connectivity index (χ2n) is 6.22. The van der Waals surface area contributed by atoms with Gasteiger partial charge in [-0.25, -0.2) is 9.97 Å². The fraction of sp³-hybridized carbons (Fsp3) is 0.421. The summed E-state index contributed by atoms with van der Waals surface area (Å²) in [5.74, 6) is 1.33. The van der Waals surface area contributed by atoms with E-state index in [9.17, 15) is 4.79 Å². The van der Waals surface area contributed by atoms with Crippen LogP contribution in [0.1, 0.15) is 34.8 Å². The Hall–Kier alpha value is -2.67. The van der Waals surface area contributed by atoms with E-state index < -0.39 is 0 Å². The van der Waals surface area contributed by atoms with Crippen molar-refractivity contribution in [3.05, 3.63) is 48.0 Å². The number of likely N-dealkylation sites (tertiary alicyclic amines) is 1. The molecule has 138 valence electrons. The van der Waals surface area contributed by atoms with E-state index in [1.54, 1.807) is 37.8 Å². The molecule has 0 spiro atoms. The Balaban J connectivity index is 1.79. The minimum Gasteiger partial charge on any atom is -0.497 e. The van der Waals surface area contributed by atoms with Crippen molar-refractivity contribution in [3.8, 4) is 11.5 Å². The maximum absolute atomic E-state index is 13.1. The Morgan fingerprint density at radius 1 is 1.38 bits per heavy atom. The molecule has 2 aromatic rings. The van der Waals surface area contributed by atoms with E-state index in [4.69, 9.17) is 15.2 Å². The fourth-order valence-corrected chi connectivity index (χ4v) is 3.21. The van der Waals surface area contributed by atoms with Gasteiger partial charge in [0.15, 0.2) is 0 Å². The van der Waals surface area contributed by atoms with Gasteiger partial charge in [-0.15, -0.1) is 0 Å². The third-order valence-corrected chi connectivity index (χ3v) is 4.53. The fourth-order valence-electron chi connectivity index (χ4n) is 3.21. The summed E-state index contributed by atoms with van der Waals surface area (Å²) in [5, 5.41) is 0. The van der Waals surface area contributed by atoms with Crippen molar-refractivity contribution in [2.45, 2.75) is 18.8 Å². The van der Waals surface area contributed by atoms with E-state index in [0.717, 1.165) is 25.1 Å². The van der Waals surface area contributed by atoms with Gasteiger partial charge >= 0.3 is 0 Å². The number of carbonyl (C=O) groups excluding carboxylic acids is 1. The van der Waals surface area contributed by atoms with Crippen LogP contribution in [0.4, 0.5) is 0 Å². The van der Waals surface area contributed by atoms with Gasteiger partial charge in [-0.1, -0.05) is 0 Å². The van der Waals surface area contributed by atoms with Crippen molar-refractivity contribution in [1.82, 2.24) is 14.9 Å². The SMILES string of the molecule is COc1ccc(C(=O)N2CCCC(c3ccncn3)C2)c(OCCN)c1. The number of nitrogens with zero attached hydrogens (tertiary/aromatic N) is 3. The predicted molar refractivity (Wildman–Crippen MR) is 97.5 cm³/mol. The summed E-state index contributed by atoms with van der Waals surface area (Å²) < 4.78 is 10.9. The summed E-state index contributed by atoms with van der Waals surface area (Å²) in [7, 11) is 1.58. The topological polar surface area (TPSA) is 90.6 Å². The molecule has 1 aliphatic rings. The summed E-state index contributed by atoms with van der Waals surface area (Å²) in [6.45, 7) is 2.09. The van der Waals surface area contributed by atoms with Gasteiger partial charge in [-0.2, -0.15) is 0 Å². The lowest BCUT2D eigenvalue weighted by Crippen LogP contribution is -2.39. The standard InChI is InChI=1S/C19H24N4O3/c1-25-15-4-5-16(18(11-15)26-10-7-20)19(24)23-9-2-3-14(12-23)17-6-8-21-13-22-17/h4-6,8,11,13-14H,2-3,7,9-10,12,20H2,1H3. The van der Waals surface area contributed by atoms with Gasteiger partial charge in [-0.3, -0.25) is 4.79 Å². The highest BCUT2D eigenvalue weighted by Crippen LogP contribution is 2.30. The number of aromatic nitrogens is 2. The smallest absolute Gasteiger partial charge is 0.257 e. The minimum atomic E-state index is -0.0431. The maximum Gasteiger partial charge on any atom is 0.257 e. The molecule has 2 heterocycles. The molecule has 0 radical (unpaired) electrons. The number of benzene rings is 1. The number of amides is 1. The molecule has 3 rings (SSSR count). The average Bonchev–Trinajstić information content (AvgIpc) is 2.72. The number of methoxy groups -OCH3 is 1. The molecule has 7 heteroatoms. The molecule has 0 bridgehead atoms. The normalized spacial score (nSPS) is 17.0. The van der Waals surface area contributed by atoms with Crippen LogP contribution in [-0.2, 0) is 0 Å². The quantitative estimate of drug-likeness (QED) is 0.849. The first-order valence-corrected chi connectivity index (χ1v) is 8.79. The van der Waals surface area contributed by atoms with Crippen molar-refractivity contribution in [2.24, 2.45) is 5.73 Å². The highest BCUT2D eigenvalue weighted by molar-refractivity contribution is 5.97. The van der Waals surface area contributed by atoms with Gasteiger partial charge in [0, 0.05) is 43.5 Å². The van der Waals surface area contributed by atoms with E-state index in [1.807, 2.05) is 11.0 Å². The number of carbonyl (C=O) groups is 1. The summed E-state index contributed by atoms with van der Waals surface area (Å²) in [5.41, 5.74) is 7.04. The second kappa shape index (κ2) is 8.62. The van der Waals surface area contributed by atoms with Gasteiger partial charge in [0.05, 0.1) is 12.7 Å². The van der Waals surface area contributed by atoms with E-state index >= 15 is 0 Å². The first-order chi connectivity index (χ1) is 12.7. The molecule has 1 fully saturated rings. The maximum atomic E-state index is 13.1. The zero-order valence-corrected chi connectivity index (χ0v) is 14.9. The Labute approximate surface area is 153 Å². The summed E-state index contributed by atoms with van der Waals surface area (Å²) in [6, 6.07) is 7.17. The zero-order chi connectivity index (χ0) is 18.4. The number of nitrogens with two attached hydrogens (primary N) is 1. The van der Waals surface area contributed by atoms with Gasteiger partial charge in [0.2, 0.25) is 0 Å². The number of ether oxygens (including phenoxy) is 2. The molecule has 1 saturated heterocycles. The largest absolute Gasteiger partial charge is 0.497 e. The lowest BCUT2D eigenvalue weighted by Gasteiger charge is -2.32. The Bertz CT molecular complexity index is 739. The molecule has 1 atom stereocenters. The molecular weight excluding hydrogens is 332 g/mol. The highest BCUT2D eigenvalue weighted by atomic mass is 16.5. The van der Waals surface area contributed by atoms with E-state index in [0.29, 0.717) is 36.8 Å². The van der Waals surface area contributed by atoms with E-state index in [1.165, 1.54) is 0 Å². The minimum absolute atomic E-state index is 0.0431. The van der Waals surface area contributed by atoms with Crippen molar-refractivity contribution in [1.29, 1.82) is 0 Å². The molecule has 1 amide bonds. The van der Waals surface area contributed by atoms with Crippen molar-refractivity contribution in [2.75, 3.05) is 33.4 Å². The van der Waals surface area contributed by atoms with Crippen LogP contribution in [0.2, 0.25) is 0 Å². The average molecular weight is 356 g/mol. The molecule has 2 N–H and O–H groups in total. The molecule has 0 saturated carbocycles. The number of hydrogen-bond donors (Lipinski definition) is 1. The number of rotatable bonds is 6. The van der Waals surface area contributed by atoms with Crippen LogP contribution in [0, 0.1) is 0 Å². The number of hydrogen-bond acceptors (Lipinski definition) is 6. The van der Waals surface area contributed by atoms with Gasteiger partial charge in [0.25, 0.3) is 5.91 Å². The van der Waals surface area contributed by atoms with E-state index in [2.05, 4.69) is 9.97 Å². The molecule has 1 unspecified atom stereocenters. The molecule has 0 aliphatic carbocycles. The molecule has 26 heavy (non-hydrogen) atoms. The van der Waals surface area contributed by atoms with Crippen LogP contribution in [0.5, 0.6) is 11.5 Å². The lowest BCUT2D eigenvalue weighted by atomic mass is 9.94. The monoisotopic (exact) mass is 356 g/mol. The molecule has 1 aliphatic heterocycles. The first-order valence-electron chi connectivity index (χ1n) is 8.79. The lowest BCUT2D eigenvalue weighted by molar-refractivity contribution is 0.0701.